The number of ether oxygens (including phenoxy) is 2. The highest BCUT2D eigenvalue weighted by Gasteiger charge is 2.32. The van der Waals surface area contributed by atoms with Crippen LogP contribution in [0.3, 0.4) is 0 Å². The van der Waals surface area contributed by atoms with Gasteiger partial charge in [0, 0.05) is 18.5 Å². The van der Waals surface area contributed by atoms with Crippen molar-refractivity contribution in [2.75, 3.05) is 33.9 Å². The minimum atomic E-state index is 0.354. The van der Waals surface area contributed by atoms with Gasteiger partial charge >= 0.3 is 0 Å². The fourth-order valence-corrected chi connectivity index (χ4v) is 4.15. The third-order valence-corrected chi connectivity index (χ3v) is 5.63. The Hall–Kier alpha value is -2.04. The largest absolute Gasteiger partial charge is 0.497 e. The number of fused-ring (bicyclic) bond motifs is 1. The van der Waals surface area contributed by atoms with Gasteiger partial charge in [-0.2, -0.15) is 0 Å². The number of rotatable bonds is 8. The molecule has 4 heteroatoms. The standard InChI is InChI=1S/C24H34N2O2/c1-17(2)14-24-22-15-20(28-13-5-12-25)10-11-21(22)23(16-26(24)3)18-6-8-19(27-4)9-7-18/h6-11,15,17,23-24H,5,12-14,16,25H2,1-4H3. The molecule has 2 N–H and O–H groups in total. The summed E-state index contributed by atoms with van der Waals surface area (Å²) in [4.78, 5) is 2.50. The molecule has 28 heavy (non-hydrogen) atoms. The van der Waals surface area contributed by atoms with Crippen molar-refractivity contribution in [1.29, 1.82) is 0 Å². The van der Waals surface area contributed by atoms with Gasteiger partial charge in [-0.05, 0) is 73.3 Å². The fraction of sp³-hybridized carbons (Fsp3) is 0.500. The molecule has 0 saturated carbocycles. The average molecular weight is 383 g/mol. The van der Waals surface area contributed by atoms with Gasteiger partial charge in [0.25, 0.3) is 0 Å². The Morgan fingerprint density at radius 3 is 2.43 bits per heavy atom. The van der Waals surface area contributed by atoms with E-state index in [-0.39, 0.29) is 0 Å². The van der Waals surface area contributed by atoms with Crippen molar-refractivity contribution in [2.24, 2.45) is 11.7 Å². The van der Waals surface area contributed by atoms with Crippen molar-refractivity contribution in [1.82, 2.24) is 4.90 Å². The van der Waals surface area contributed by atoms with E-state index in [0.717, 1.165) is 30.9 Å². The second-order valence-electron chi connectivity index (χ2n) is 8.19. The minimum Gasteiger partial charge on any atom is -0.497 e. The molecule has 4 nitrogen and oxygen atoms in total. The number of nitrogens with two attached hydrogens (primary N) is 1. The molecular formula is C24H34N2O2. The van der Waals surface area contributed by atoms with Crippen LogP contribution in [-0.4, -0.2) is 38.8 Å². The predicted octanol–water partition coefficient (Wildman–Crippen LogP) is 4.59. The zero-order valence-corrected chi connectivity index (χ0v) is 17.7. The molecule has 0 saturated heterocycles. The van der Waals surface area contributed by atoms with E-state index >= 15 is 0 Å². The summed E-state index contributed by atoms with van der Waals surface area (Å²) in [6.07, 6.45) is 2.02. The SMILES string of the molecule is COc1ccc(C2CN(C)C(CC(C)C)c3cc(OCCCN)ccc32)cc1. The first-order chi connectivity index (χ1) is 13.5. The second kappa shape index (κ2) is 9.44. The molecule has 0 aromatic heterocycles. The molecule has 1 heterocycles. The molecule has 0 fully saturated rings. The van der Waals surface area contributed by atoms with Crippen molar-refractivity contribution in [3.8, 4) is 11.5 Å². The highest BCUT2D eigenvalue weighted by atomic mass is 16.5. The van der Waals surface area contributed by atoms with Crippen molar-refractivity contribution >= 4 is 0 Å². The molecule has 0 radical (unpaired) electrons. The maximum atomic E-state index is 5.96. The van der Waals surface area contributed by atoms with Gasteiger partial charge in [-0.1, -0.05) is 32.0 Å². The summed E-state index contributed by atoms with van der Waals surface area (Å²) in [5.41, 5.74) is 9.75. The summed E-state index contributed by atoms with van der Waals surface area (Å²) >= 11 is 0. The number of hydrogen-bond donors (Lipinski definition) is 1. The molecule has 3 rings (SSSR count). The van der Waals surface area contributed by atoms with Crippen LogP contribution in [0, 0.1) is 5.92 Å². The summed E-state index contributed by atoms with van der Waals surface area (Å²) in [6.45, 7) is 6.94. The topological polar surface area (TPSA) is 47.7 Å². The summed E-state index contributed by atoms with van der Waals surface area (Å²) < 4.78 is 11.3. The molecule has 2 aromatic rings. The zero-order chi connectivity index (χ0) is 20.1. The first kappa shape index (κ1) is 20.7. The van der Waals surface area contributed by atoms with Crippen molar-refractivity contribution in [2.45, 2.75) is 38.6 Å². The van der Waals surface area contributed by atoms with E-state index in [1.807, 2.05) is 0 Å². The summed E-state index contributed by atoms with van der Waals surface area (Å²) in [7, 11) is 3.95. The molecule has 1 aliphatic heterocycles. The molecule has 2 atom stereocenters. The third-order valence-electron chi connectivity index (χ3n) is 5.63. The monoisotopic (exact) mass is 382 g/mol. The first-order valence-corrected chi connectivity index (χ1v) is 10.3. The minimum absolute atomic E-state index is 0.354. The zero-order valence-electron chi connectivity index (χ0n) is 17.7. The maximum Gasteiger partial charge on any atom is 0.119 e. The molecule has 2 unspecified atom stereocenters. The van der Waals surface area contributed by atoms with Gasteiger partial charge in [0.2, 0.25) is 0 Å². The summed E-state index contributed by atoms with van der Waals surface area (Å²) in [5, 5.41) is 0. The number of likely N-dealkylation sites (N-methyl/N-ethyl adjacent to an activating group) is 1. The van der Waals surface area contributed by atoms with Crippen molar-refractivity contribution in [3.63, 3.8) is 0 Å². The van der Waals surface area contributed by atoms with Crippen LogP contribution in [0.4, 0.5) is 0 Å². The average Bonchev–Trinajstić information content (AvgIpc) is 2.70. The lowest BCUT2D eigenvalue weighted by atomic mass is 9.79. The van der Waals surface area contributed by atoms with E-state index in [9.17, 15) is 0 Å². The van der Waals surface area contributed by atoms with E-state index in [1.165, 1.54) is 16.7 Å². The lowest BCUT2D eigenvalue weighted by Crippen LogP contribution is -2.36. The lowest BCUT2D eigenvalue weighted by Gasteiger charge is -2.40. The van der Waals surface area contributed by atoms with E-state index in [1.54, 1.807) is 7.11 Å². The van der Waals surface area contributed by atoms with Crippen LogP contribution in [0.5, 0.6) is 11.5 Å². The Morgan fingerprint density at radius 1 is 1.07 bits per heavy atom. The fourth-order valence-electron chi connectivity index (χ4n) is 4.15. The van der Waals surface area contributed by atoms with Crippen LogP contribution in [0.25, 0.3) is 0 Å². The maximum absolute atomic E-state index is 5.96. The van der Waals surface area contributed by atoms with Gasteiger partial charge in [-0.25, -0.2) is 0 Å². The van der Waals surface area contributed by atoms with E-state index < -0.39 is 0 Å². The van der Waals surface area contributed by atoms with Gasteiger partial charge in [0.1, 0.15) is 11.5 Å². The highest BCUT2D eigenvalue weighted by molar-refractivity contribution is 5.46. The molecule has 2 aromatic carbocycles. The van der Waals surface area contributed by atoms with Gasteiger partial charge in [-0.3, -0.25) is 4.90 Å². The van der Waals surface area contributed by atoms with Crippen molar-refractivity contribution < 1.29 is 9.47 Å². The molecule has 0 amide bonds. The van der Waals surface area contributed by atoms with E-state index in [2.05, 4.69) is 68.3 Å². The van der Waals surface area contributed by atoms with Crippen LogP contribution < -0.4 is 15.2 Å². The van der Waals surface area contributed by atoms with Crippen molar-refractivity contribution in [3.05, 3.63) is 59.2 Å². The Morgan fingerprint density at radius 2 is 1.79 bits per heavy atom. The van der Waals surface area contributed by atoms with Crippen LogP contribution in [-0.2, 0) is 0 Å². The molecule has 0 aliphatic carbocycles. The molecule has 1 aliphatic rings. The summed E-state index contributed by atoms with van der Waals surface area (Å²) in [5.74, 6) is 2.84. The Kier molecular flexibility index (Phi) is 6.97. The lowest BCUT2D eigenvalue weighted by molar-refractivity contribution is 0.191. The second-order valence-corrected chi connectivity index (χ2v) is 8.19. The molecule has 0 bridgehead atoms. The van der Waals surface area contributed by atoms with Gasteiger partial charge in [0.15, 0.2) is 0 Å². The Bertz CT molecular complexity index is 758. The van der Waals surface area contributed by atoms with E-state index in [0.29, 0.717) is 31.0 Å². The van der Waals surface area contributed by atoms with Crippen LogP contribution >= 0.6 is 0 Å². The highest BCUT2D eigenvalue weighted by Crippen LogP contribution is 2.42. The number of hydrogen-bond acceptors (Lipinski definition) is 4. The number of methoxy groups -OCH3 is 1. The normalized spacial score (nSPS) is 19.5. The van der Waals surface area contributed by atoms with Gasteiger partial charge in [-0.15, -0.1) is 0 Å². The number of benzene rings is 2. The van der Waals surface area contributed by atoms with Crippen LogP contribution in [0.1, 0.15) is 55.3 Å². The first-order valence-electron chi connectivity index (χ1n) is 10.3. The third kappa shape index (κ3) is 4.68. The number of nitrogens with zero attached hydrogens (tertiary/aromatic N) is 1. The molecule has 0 spiro atoms. The predicted molar refractivity (Wildman–Crippen MR) is 115 cm³/mol. The van der Waals surface area contributed by atoms with Gasteiger partial charge in [0.05, 0.1) is 13.7 Å². The Balaban J connectivity index is 1.96. The quantitative estimate of drug-likeness (QED) is 0.679. The van der Waals surface area contributed by atoms with Gasteiger partial charge < -0.3 is 15.2 Å². The van der Waals surface area contributed by atoms with Crippen LogP contribution in [0.2, 0.25) is 0 Å². The summed E-state index contributed by atoms with van der Waals surface area (Å²) in [6, 6.07) is 15.5. The van der Waals surface area contributed by atoms with E-state index in [4.69, 9.17) is 15.2 Å². The smallest absolute Gasteiger partial charge is 0.119 e. The molecular weight excluding hydrogens is 348 g/mol. The van der Waals surface area contributed by atoms with Crippen LogP contribution in [0.15, 0.2) is 42.5 Å². The molecule has 152 valence electrons. The Labute approximate surface area is 169 Å².